The predicted octanol–water partition coefficient (Wildman–Crippen LogP) is 7.67. The quantitative estimate of drug-likeness (QED) is 0.186. The standard InChI is InChI=1S/C24H51BO3/c1-7-13-22(14-8-2)19-26-25(27-20-23(15-9-3)16-10-4)28-21-24(17-11-5)18-12-6/h22-24H,7-21H2,1-6H3. The van der Waals surface area contributed by atoms with E-state index in [1.165, 1.54) is 77.0 Å². The second kappa shape index (κ2) is 20.2. The molecular formula is C24H51BO3. The van der Waals surface area contributed by atoms with E-state index in [1.54, 1.807) is 0 Å². The summed E-state index contributed by atoms with van der Waals surface area (Å²) in [6.45, 7) is 15.8. The van der Waals surface area contributed by atoms with Crippen LogP contribution in [0.5, 0.6) is 0 Å². The number of hydrogen-bond acceptors (Lipinski definition) is 3. The minimum atomic E-state index is -0.497. The Morgan fingerprint density at radius 2 is 0.643 bits per heavy atom. The third-order valence-electron chi connectivity index (χ3n) is 5.59. The topological polar surface area (TPSA) is 27.7 Å². The molecule has 0 saturated heterocycles. The highest BCUT2D eigenvalue weighted by Crippen LogP contribution is 2.19. The van der Waals surface area contributed by atoms with E-state index in [4.69, 9.17) is 14.0 Å². The van der Waals surface area contributed by atoms with Crippen molar-refractivity contribution in [1.29, 1.82) is 0 Å². The van der Waals surface area contributed by atoms with Crippen LogP contribution in [0.25, 0.3) is 0 Å². The molecule has 4 heteroatoms. The first kappa shape index (κ1) is 27.9. The van der Waals surface area contributed by atoms with E-state index >= 15 is 0 Å². The second-order valence-electron chi connectivity index (χ2n) is 8.62. The van der Waals surface area contributed by atoms with Crippen LogP contribution < -0.4 is 0 Å². The van der Waals surface area contributed by atoms with Crippen molar-refractivity contribution in [2.45, 2.75) is 119 Å². The summed E-state index contributed by atoms with van der Waals surface area (Å²) in [5.41, 5.74) is 0. The minimum absolute atomic E-state index is 0.497. The molecule has 0 aliphatic carbocycles. The van der Waals surface area contributed by atoms with E-state index in [0.29, 0.717) is 17.8 Å². The minimum Gasteiger partial charge on any atom is -0.386 e. The Hall–Kier alpha value is -0.0551. The number of rotatable bonds is 21. The molecular weight excluding hydrogens is 347 g/mol. The Morgan fingerprint density at radius 3 is 0.821 bits per heavy atom. The monoisotopic (exact) mass is 398 g/mol. The van der Waals surface area contributed by atoms with Crippen LogP contribution in [-0.2, 0) is 14.0 Å². The van der Waals surface area contributed by atoms with E-state index in [0.717, 1.165) is 19.8 Å². The second-order valence-corrected chi connectivity index (χ2v) is 8.62. The van der Waals surface area contributed by atoms with Gasteiger partial charge in [-0.3, -0.25) is 0 Å². The van der Waals surface area contributed by atoms with Gasteiger partial charge in [0.25, 0.3) is 0 Å². The summed E-state index contributed by atoms with van der Waals surface area (Å²) in [6.07, 6.45) is 14.6. The molecule has 0 rings (SSSR count). The summed E-state index contributed by atoms with van der Waals surface area (Å²) >= 11 is 0. The molecule has 0 saturated carbocycles. The normalized spacial score (nSPS) is 11.9. The molecule has 0 N–H and O–H groups in total. The largest absolute Gasteiger partial charge is 0.639 e. The summed E-state index contributed by atoms with van der Waals surface area (Å²) in [5.74, 6) is 1.86. The van der Waals surface area contributed by atoms with E-state index in [2.05, 4.69) is 41.5 Å². The number of hydrogen-bond donors (Lipinski definition) is 0. The van der Waals surface area contributed by atoms with Crippen LogP contribution in [0.3, 0.4) is 0 Å². The Balaban J connectivity index is 4.72. The Labute approximate surface area is 177 Å². The Kier molecular flexibility index (Phi) is 20.2. The average Bonchev–Trinajstić information content (AvgIpc) is 2.68. The first-order valence-electron chi connectivity index (χ1n) is 12.5. The van der Waals surface area contributed by atoms with Crippen molar-refractivity contribution in [2.75, 3.05) is 19.8 Å². The van der Waals surface area contributed by atoms with Crippen LogP contribution in [0.1, 0.15) is 119 Å². The van der Waals surface area contributed by atoms with Gasteiger partial charge in [0, 0.05) is 19.8 Å². The van der Waals surface area contributed by atoms with Crippen molar-refractivity contribution >= 4 is 7.32 Å². The van der Waals surface area contributed by atoms with Gasteiger partial charge in [0.1, 0.15) is 0 Å². The summed E-state index contributed by atoms with van der Waals surface area (Å²) in [4.78, 5) is 0. The summed E-state index contributed by atoms with van der Waals surface area (Å²) < 4.78 is 18.5. The molecule has 0 radical (unpaired) electrons. The van der Waals surface area contributed by atoms with Gasteiger partial charge in [-0.1, -0.05) is 80.1 Å². The van der Waals surface area contributed by atoms with Crippen molar-refractivity contribution in [2.24, 2.45) is 17.8 Å². The van der Waals surface area contributed by atoms with Crippen molar-refractivity contribution in [1.82, 2.24) is 0 Å². The first-order chi connectivity index (χ1) is 13.6. The third-order valence-corrected chi connectivity index (χ3v) is 5.59. The van der Waals surface area contributed by atoms with Gasteiger partial charge in [-0.15, -0.1) is 0 Å². The SMILES string of the molecule is CCCC(CCC)COB(OCC(CCC)CCC)OCC(CCC)CCC. The van der Waals surface area contributed by atoms with Crippen LogP contribution in [0.4, 0.5) is 0 Å². The van der Waals surface area contributed by atoms with E-state index in [1.807, 2.05) is 0 Å². The van der Waals surface area contributed by atoms with Gasteiger partial charge < -0.3 is 14.0 Å². The lowest BCUT2D eigenvalue weighted by atomic mass is 9.97. The lowest BCUT2D eigenvalue weighted by Crippen LogP contribution is -2.33. The van der Waals surface area contributed by atoms with E-state index < -0.39 is 7.32 Å². The van der Waals surface area contributed by atoms with Gasteiger partial charge in [-0.2, -0.15) is 0 Å². The molecule has 0 aromatic heterocycles. The smallest absolute Gasteiger partial charge is 0.386 e. The predicted molar refractivity (Wildman–Crippen MR) is 124 cm³/mol. The highest BCUT2D eigenvalue weighted by molar-refractivity contribution is 6.36. The van der Waals surface area contributed by atoms with Crippen LogP contribution in [-0.4, -0.2) is 27.1 Å². The maximum absolute atomic E-state index is 6.18. The lowest BCUT2D eigenvalue weighted by molar-refractivity contribution is 0.0521. The van der Waals surface area contributed by atoms with Gasteiger partial charge >= 0.3 is 7.32 Å². The van der Waals surface area contributed by atoms with Crippen molar-refractivity contribution < 1.29 is 14.0 Å². The van der Waals surface area contributed by atoms with Crippen LogP contribution >= 0.6 is 0 Å². The fourth-order valence-electron chi connectivity index (χ4n) is 4.17. The lowest BCUT2D eigenvalue weighted by Gasteiger charge is -2.23. The molecule has 0 bridgehead atoms. The highest BCUT2D eigenvalue weighted by Gasteiger charge is 2.26. The van der Waals surface area contributed by atoms with Gasteiger partial charge in [-0.05, 0) is 56.3 Å². The molecule has 0 spiro atoms. The summed E-state index contributed by atoms with van der Waals surface area (Å²) in [5, 5.41) is 0. The Bertz CT molecular complexity index is 249. The average molecular weight is 398 g/mol. The van der Waals surface area contributed by atoms with Crippen molar-refractivity contribution in [3.8, 4) is 0 Å². The molecule has 0 aliphatic rings. The van der Waals surface area contributed by atoms with Crippen LogP contribution in [0, 0.1) is 17.8 Å². The van der Waals surface area contributed by atoms with Gasteiger partial charge in [0.2, 0.25) is 0 Å². The molecule has 3 nitrogen and oxygen atoms in total. The van der Waals surface area contributed by atoms with E-state index in [-0.39, 0.29) is 0 Å². The Morgan fingerprint density at radius 1 is 0.429 bits per heavy atom. The third kappa shape index (κ3) is 14.9. The highest BCUT2D eigenvalue weighted by atomic mass is 16.7. The molecule has 0 aromatic carbocycles. The van der Waals surface area contributed by atoms with Gasteiger partial charge in [0.15, 0.2) is 0 Å². The molecule has 0 heterocycles. The summed E-state index contributed by atoms with van der Waals surface area (Å²) in [6, 6.07) is 0. The molecule has 0 aliphatic heterocycles. The van der Waals surface area contributed by atoms with Crippen LogP contribution in [0.2, 0.25) is 0 Å². The maximum atomic E-state index is 6.18. The molecule has 168 valence electrons. The maximum Gasteiger partial charge on any atom is 0.639 e. The molecule has 0 amide bonds. The molecule has 0 fully saturated rings. The molecule has 28 heavy (non-hydrogen) atoms. The first-order valence-corrected chi connectivity index (χ1v) is 12.5. The zero-order valence-corrected chi connectivity index (χ0v) is 20.1. The van der Waals surface area contributed by atoms with Gasteiger partial charge in [-0.25, -0.2) is 0 Å². The van der Waals surface area contributed by atoms with Crippen molar-refractivity contribution in [3.05, 3.63) is 0 Å². The zero-order valence-electron chi connectivity index (χ0n) is 20.1. The van der Waals surface area contributed by atoms with E-state index in [9.17, 15) is 0 Å². The molecule has 0 atom stereocenters. The fraction of sp³-hybridized carbons (Fsp3) is 1.00. The summed E-state index contributed by atoms with van der Waals surface area (Å²) in [7, 11) is -0.497. The van der Waals surface area contributed by atoms with Crippen molar-refractivity contribution in [3.63, 3.8) is 0 Å². The van der Waals surface area contributed by atoms with Crippen LogP contribution in [0.15, 0.2) is 0 Å². The van der Waals surface area contributed by atoms with Gasteiger partial charge in [0.05, 0.1) is 0 Å². The fourth-order valence-corrected chi connectivity index (χ4v) is 4.17. The molecule has 0 unspecified atom stereocenters. The zero-order chi connectivity index (χ0) is 21.0. The molecule has 0 aromatic rings.